The third-order valence-corrected chi connectivity index (χ3v) is 8.53. The average Bonchev–Trinajstić information content (AvgIpc) is 3.51. The summed E-state index contributed by atoms with van der Waals surface area (Å²) in [6, 6.07) is 5.63. The maximum Gasteiger partial charge on any atom is 0.425 e. The lowest BCUT2D eigenvalue weighted by atomic mass is 10.1. The summed E-state index contributed by atoms with van der Waals surface area (Å²) in [5.41, 5.74) is 2.75. The van der Waals surface area contributed by atoms with Gasteiger partial charge < -0.3 is 13.9 Å². The molecule has 1 fully saturated rings. The lowest BCUT2D eigenvalue weighted by Gasteiger charge is -2.28. The summed E-state index contributed by atoms with van der Waals surface area (Å²) in [7, 11) is -3.94. The molecule has 4 aromatic rings. The number of aromatic nitrogens is 5. The predicted molar refractivity (Wildman–Crippen MR) is 171 cm³/mol. The molecule has 1 saturated carbocycles. The predicted octanol–water partition coefficient (Wildman–Crippen LogP) is 5.62. The van der Waals surface area contributed by atoms with E-state index in [0.29, 0.717) is 29.3 Å². The summed E-state index contributed by atoms with van der Waals surface area (Å²) in [4.78, 5) is 36.0. The number of hydrogen-bond acceptors (Lipinski definition) is 9. The summed E-state index contributed by atoms with van der Waals surface area (Å²) >= 11 is 0. The van der Waals surface area contributed by atoms with Crippen molar-refractivity contribution in [3.8, 4) is 0 Å². The Morgan fingerprint density at radius 3 is 2.22 bits per heavy atom. The topological polar surface area (TPSA) is 150 Å². The SMILES string of the molecule is Cc1cc(N(C(=O)OC(C)(C)C)C(=O)OC(C)(C)C)nc(C)c1CNS(=O)(=O)c1cnn(Cc2cn3cc(C4CC4)ccc3n2)c1. The molecule has 0 saturated heterocycles. The number of imidazole rings is 1. The minimum Gasteiger partial charge on any atom is -0.443 e. The third kappa shape index (κ3) is 7.91. The summed E-state index contributed by atoms with van der Waals surface area (Å²) < 4.78 is 43.5. The zero-order chi connectivity index (χ0) is 33.6. The highest BCUT2D eigenvalue weighted by molar-refractivity contribution is 7.89. The molecule has 0 spiro atoms. The Morgan fingerprint density at radius 2 is 1.63 bits per heavy atom. The van der Waals surface area contributed by atoms with Crippen LogP contribution in [0.5, 0.6) is 0 Å². The van der Waals surface area contributed by atoms with Crippen LogP contribution >= 0.6 is 0 Å². The molecule has 13 nitrogen and oxygen atoms in total. The van der Waals surface area contributed by atoms with Crippen LogP contribution in [-0.4, -0.2) is 56.0 Å². The molecule has 0 atom stereocenters. The molecule has 14 heteroatoms. The first-order chi connectivity index (χ1) is 21.4. The second-order valence-electron chi connectivity index (χ2n) is 13.6. The largest absolute Gasteiger partial charge is 0.443 e. The zero-order valence-electron chi connectivity index (χ0n) is 27.5. The van der Waals surface area contributed by atoms with Crippen LogP contribution in [0.15, 0.2) is 47.9 Å². The van der Waals surface area contributed by atoms with Gasteiger partial charge >= 0.3 is 12.2 Å². The smallest absolute Gasteiger partial charge is 0.425 e. The molecule has 0 aliphatic heterocycles. The molecular weight excluding hydrogens is 610 g/mol. The maximum absolute atomic E-state index is 13.2. The standard InChI is InChI=1S/C32H41N7O6S/c1-20-13-28(39(29(40)44-31(3,4)5)30(41)45-32(6,7)8)35-21(2)26(20)15-34-46(42,43)25-14-33-38(19-25)18-24-17-37-16-23(22-9-10-22)11-12-27(37)36-24/h11-14,16-17,19,22,34H,9-10,15,18H2,1-8H3. The highest BCUT2D eigenvalue weighted by Crippen LogP contribution is 2.39. The van der Waals surface area contributed by atoms with E-state index in [4.69, 9.17) is 9.47 Å². The van der Waals surface area contributed by atoms with Crippen LogP contribution in [-0.2, 0) is 32.6 Å². The van der Waals surface area contributed by atoms with Crippen LogP contribution in [0.4, 0.5) is 15.4 Å². The molecule has 1 N–H and O–H groups in total. The van der Waals surface area contributed by atoms with Gasteiger partial charge in [0, 0.05) is 30.8 Å². The Labute approximate surface area is 269 Å². The minimum atomic E-state index is -3.94. The number of aryl methyl sites for hydroxylation is 2. The maximum atomic E-state index is 13.2. The number of sulfonamides is 1. The summed E-state index contributed by atoms with van der Waals surface area (Å²) in [6.07, 6.45) is 7.34. The number of nitrogens with one attached hydrogen (secondary N) is 1. The van der Waals surface area contributed by atoms with E-state index < -0.39 is 33.4 Å². The van der Waals surface area contributed by atoms with E-state index in [0.717, 1.165) is 16.2 Å². The van der Waals surface area contributed by atoms with Crippen LogP contribution < -0.4 is 9.62 Å². The van der Waals surface area contributed by atoms with Crippen LogP contribution in [0.25, 0.3) is 5.65 Å². The van der Waals surface area contributed by atoms with E-state index in [2.05, 4.69) is 32.1 Å². The lowest BCUT2D eigenvalue weighted by molar-refractivity contribution is 0.0429. The fourth-order valence-electron chi connectivity index (χ4n) is 4.88. The highest BCUT2D eigenvalue weighted by Gasteiger charge is 2.34. The van der Waals surface area contributed by atoms with Gasteiger partial charge in [0.25, 0.3) is 0 Å². The van der Waals surface area contributed by atoms with E-state index in [1.807, 2.05) is 16.7 Å². The highest BCUT2D eigenvalue weighted by atomic mass is 32.2. The molecular formula is C32H41N7O6S. The van der Waals surface area contributed by atoms with E-state index in [1.165, 1.54) is 41.5 Å². The van der Waals surface area contributed by atoms with Gasteiger partial charge in [-0.05, 0) is 103 Å². The number of imide groups is 1. The van der Waals surface area contributed by atoms with Gasteiger partial charge in [0.15, 0.2) is 0 Å². The first-order valence-corrected chi connectivity index (χ1v) is 16.6. The van der Waals surface area contributed by atoms with Gasteiger partial charge in [-0.15, -0.1) is 0 Å². The number of anilines is 1. The molecule has 1 aliphatic rings. The van der Waals surface area contributed by atoms with Crippen molar-refractivity contribution >= 4 is 33.7 Å². The molecule has 1 aliphatic carbocycles. The molecule has 0 bridgehead atoms. The summed E-state index contributed by atoms with van der Waals surface area (Å²) in [5.74, 6) is 0.633. The molecule has 0 radical (unpaired) electrons. The molecule has 2 amide bonds. The third-order valence-electron chi connectivity index (χ3n) is 7.18. The summed E-state index contributed by atoms with van der Waals surface area (Å²) in [5, 5.41) is 4.25. The Hall–Kier alpha value is -4.30. The molecule has 5 rings (SSSR count). The van der Waals surface area contributed by atoms with E-state index in [9.17, 15) is 18.0 Å². The number of pyridine rings is 2. The second-order valence-corrected chi connectivity index (χ2v) is 15.4. The van der Waals surface area contributed by atoms with Crippen molar-refractivity contribution in [3.05, 3.63) is 71.1 Å². The van der Waals surface area contributed by atoms with Gasteiger partial charge in [-0.1, -0.05) is 6.07 Å². The van der Waals surface area contributed by atoms with Crippen molar-refractivity contribution in [1.29, 1.82) is 0 Å². The van der Waals surface area contributed by atoms with Gasteiger partial charge in [0.2, 0.25) is 10.0 Å². The van der Waals surface area contributed by atoms with Crippen LogP contribution in [0.2, 0.25) is 0 Å². The lowest BCUT2D eigenvalue weighted by Crippen LogP contribution is -2.44. The van der Waals surface area contributed by atoms with Gasteiger partial charge in [-0.25, -0.2) is 32.7 Å². The second kappa shape index (κ2) is 12.1. The molecule has 46 heavy (non-hydrogen) atoms. The molecule has 4 aromatic heterocycles. The molecule has 246 valence electrons. The van der Waals surface area contributed by atoms with Gasteiger partial charge in [-0.2, -0.15) is 10.00 Å². The van der Waals surface area contributed by atoms with E-state index in [-0.39, 0.29) is 17.3 Å². The number of rotatable bonds is 8. The normalized spacial score (nSPS) is 14.0. The van der Waals surface area contributed by atoms with Gasteiger partial charge in [0.1, 0.15) is 27.6 Å². The van der Waals surface area contributed by atoms with Crippen molar-refractivity contribution in [1.82, 2.24) is 28.9 Å². The number of carbonyl (C=O) groups is 2. The number of nitrogens with zero attached hydrogens (tertiary/aromatic N) is 6. The fraction of sp³-hybridized carbons (Fsp3) is 0.469. The Balaban J connectivity index is 1.30. The quantitative estimate of drug-likeness (QED) is 0.256. The Kier molecular flexibility index (Phi) is 8.73. The summed E-state index contributed by atoms with van der Waals surface area (Å²) in [6.45, 7) is 13.8. The molecule has 0 aromatic carbocycles. The zero-order valence-corrected chi connectivity index (χ0v) is 28.3. The van der Waals surface area contributed by atoms with Crippen molar-refractivity contribution in [3.63, 3.8) is 0 Å². The van der Waals surface area contributed by atoms with Crippen molar-refractivity contribution in [2.24, 2.45) is 0 Å². The first kappa shape index (κ1) is 33.1. The number of ether oxygens (including phenoxy) is 2. The van der Waals surface area contributed by atoms with Gasteiger partial charge in [0.05, 0.1) is 18.4 Å². The monoisotopic (exact) mass is 651 g/mol. The van der Waals surface area contributed by atoms with E-state index >= 15 is 0 Å². The fourth-order valence-corrected chi connectivity index (χ4v) is 5.83. The number of fused-ring (bicyclic) bond motifs is 1. The number of carbonyl (C=O) groups excluding carboxylic acids is 2. The number of amides is 2. The average molecular weight is 652 g/mol. The first-order valence-electron chi connectivity index (χ1n) is 15.1. The number of hydrogen-bond donors (Lipinski definition) is 1. The van der Waals surface area contributed by atoms with Crippen molar-refractivity contribution in [2.75, 3.05) is 4.90 Å². The van der Waals surface area contributed by atoms with Crippen molar-refractivity contribution in [2.45, 2.75) is 103 Å². The minimum absolute atomic E-state index is 0.00194. The molecule has 4 heterocycles. The van der Waals surface area contributed by atoms with Crippen LogP contribution in [0, 0.1) is 13.8 Å². The Bertz CT molecular complexity index is 1840. The van der Waals surface area contributed by atoms with Crippen LogP contribution in [0.3, 0.4) is 0 Å². The molecule has 0 unspecified atom stereocenters. The van der Waals surface area contributed by atoms with Crippen molar-refractivity contribution < 1.29 is 27.5 Å². The van der Waals surface area contributed by atoms with Gasteiger partial charge in [-0.3, -0.25) is 4.68 Å². The van der Waals surface area contributed by atoms with Crippen LogP contribution in [0.1, 0.15) is 88.4 Å². The Morgan fingerprint density at radius 1 is 0.978 bits per heavy atom. The van der Waals surface area contributed by atoms with E-state index in [1.54, 1.807) is 55.4 Å².